The Kier molecular flexibility index (Phi) is 4.39. The van der Waals surface area contributed by atoms with Crippen LogP contribution in [0.5, 0.6) is 0 Å². The summed E-state index contributed by atoms with van der Waals surface area (Å²) in [6, 6.07) is 8.01. The molecule has 0 saturated carbocycles. The standard InChI is InChI=1S/C12H14N4OS2/c1-7-3-5-9(6-4-7)14-11-15-16-12(19-11)18-8(2)10(13)17/h3-6,8H,1-2H3,(H2,13,17)(H,14,15)/t8-/m1/s1. The Morgan fingerprint density at radius 3 is 2.68 bits per heavy atom. The number of carbonyl (C=O) groups is 1. The normalized spacial score (nSPS) is 12.1. The molecule has 1 aromatic heterocycles. The second-order valence-corrected chi connectivity index (χ2v) is 6.59. The topological polar surface area (TPSA) is 80.9 Å². The second kappa shape index (κ2) is 6.03. The van der Waals surface area contributed by atoms with Crippen molar-refractivity contribution >= 4 is 39.8 Å². The first-order valence-corrected chi connectivity index (χ1v) is 7.37. The summed E-state index contributed by atoms with van der Waals surface area (Å²) in [5, 5.41) is 11.6. The van der Waals surface area contributed by atoms with Crippen LogP contribution in [0.15, 0.2) is 28.6 Å². The average Bonchev–Trinajstić information content (AvgIpc) is 2.79. The van der Waals surface area contributed by atoms with E-state index in [1.54, 1.807) is 6.92 Å². The molecule has 2 rings (SSSR count). The highest BCUT2D eigenvalue weighted by atomic mass is 32.2. The molecule has 0 fully saturated rings. The molecule has 0 saturated heterocycles. The number of aromatic nitrogens is 2. The maximum absolute atomic E-state index is 11.0. The number of nitrogens with zero attached hydrogens (tertiary/aromatic N) is 2. The van der Waals surface area contributed by atoms with E-state index in [1.165, 1.54) is 28.7 Å². The largest absolute Gasteiger partial charge is 0.369 e. The highest BCUT2D eigenvalue weighted by molar-refractivity contribution is 8.02. The number of amides is 1. The number of nitrogens with two attached hydrogens (primary N) is 1. The molecule has 2 aromatic rings. The van der Waals surface area contributed by atoms with Crippen molar-refractivity contribution in [2.24, 2.45) is 5.73 Å². The molecule has 1 amide bonds. The first kappa shape index (κ1) is 13.8. The van der Waals surface area contributed by atoms with Gasteiger partial charge >= 0.3 is 0 Å². The lowest BCUT2D eigenvalue weighted by Gasteiger charge is -2.02. The smallest absolute Gasteiger partial charge is 0.230 e. The molecule has 0 radical (unpaired) electrons. The van der Waals surface area contributed by atoms with Crippen LogP contribution in [-0.2, 0) is 4.79 Å². The summed E-state index contributed by atoms with van der Waals surface area (Å²) in [4.78, 5) is 11.0. The maximum Gasteiger partial charge on any atom is 0.230 e. The van der Waals surface area contributed by atoms with Crippen LogP contribution in [0.3, 0.4) is 0 Å². The van der Waals surface area contributed by atoms with Gasteiger partial charge in [-0.3, -0.25) is 4.79 Å². The van der Waals surface area contributed by atoms with Gasteiger partial charge in [0.05, 0.1) is 5.25 Å². The van der Waals surface area contributed by atoms with Gasteiger partial charge in [0.25, 0.3) is 0 Å². The SMILES string of the molecule is Cc1ccc(Nc2nnc(S[C@H](C)C(N)=O)s2)cc1. The third-order valence-electron chi connectivity index (χ3n) is 2.39. The summed E-state index contributed by atoms with van der Waals surface area (Å²) < 4.78 is 0.723. The van der Waals surface area contributed by atoms with E-state index in [0.717, 1.165) is 10.0 Å². The fraction of sp³-hybridized carbons (Fsp3) is 0.250. The number of primary amides is 1. The molecule has 0 spiro atoms. The number of carbonyl (C=O) groups excluding carboxylic acids is 1. The van der Waals surface area contributed by atoms with E-state index in [-0.39, 0.29) is 11.2 Å². The Hall–Kier alpha value is -1.60. The van der Waals surface area contributed by atoms with Gasteiger partial charge in [0.15, 0.2) is 4.34 Å². The fourth-order valence-corrected chi connectivity index (χ4v) is 3.14. The highest BCUT2D eigenvalue weighted by Gasteiger charge is 2.14. The molecule has 3 N–H and O–H groups in total. The number of rotatable bonds is 5. The van der Waals surface area contributed by atoms with E-state index in [1.807, 2.05) is 31.2 Å². The summed E-state index contributed by atoms with van der Waals surface area (Å²) in [5.74, 6) is -0.353. The zero-order valence-electron chi connectivity index (χ0n) is 10.6. The van der Waals surface area contributed by atoms with Gasteiger partial charge in [-0.1, -0.05) is 40.8 Å². The van der Waals surface area contributed by atoms with Crippen LogP contribution in [0.4, 0.5) is 10.8 Å². The molecule has 0 bridgehead atoms. The Bertz CT molecular complexity index is 567. The first-order valence-electron chi connectivity index (χ1n) is 5.68. The number of thioether (sulfide) groups is 1. The fourth-order valence-electron chi connectivity index (χ4n) is 1.28. The Morgan fingerprint density at radius 1 is 1.37 bits per heavy atom. The molecule has 1 atom stereocenters. The van der Waals surface area contributed by atoms with Crippen LogP contribution in [0.1, 0.15) is 12.5 Å². The minimum atomic E-state index is -0.353. The van der Waals surface area contributed by atoms with E-state index >= 15 is 0 Å². The number of benzene rings is 1. The van der Waals surface area contributed by atoms with Gasteiger partial charge in [-0.25, -0.2) is 0 Å². The molecular weight excluding hydrogens is 280 g/mol. The molecule has 0 aliphatic rings. The van der Waals surface area contributed by atoms with E-state index < -0.39 is 0 Å². The van der Waals surface area contributed by atoms with Crippen LogP contribution in [0.25, 0.3) is 0 Å². The summed E-state index contributed by atoms with van der Waals surface area (Å²) in [5.41, 5.74) is 7.37. The monoisotopic (exact) mass is 294 g/mol. The van der Waals surface area contributed by atoms with Gasteiger partial charge < -0.3 is 11.1 Å². The zero-order valence-corrected chi connectivity index (χ0v) is 12.2. The molecular formula is C12H14N4OS2. The van der Waals surface area contributed by atoms with Gasteiger partial charge in [-0.15, -0.1) is 10.2 Å². The molecule has 19 heavy (non-hydrogen) atoms. The van der Waals surface area contributed by atoms with Gasteiger partial charge in [0.2, 0.25) is 11.0 Å². The summed E-state index contributed by atoms with van der Waals surface area (Å²) in [6.07, 6.45) is 0. The first-order chi connectivity index (χ1) is 9.04. The van der Waals surface area contributed by atoms with Crippen LogP contribution in [-0.4, -0.2) is 21.4 Å². The van der Waals surface area contributed by atoms with E-state index in [0.29, 0.717) is 5.13 Å². The predicted molar refractivity (Wildman–Crippen MR) is 78.9 cm³/mol. The average molecular weight is 294 g/mol. The molecule has 0 unspecified atom stereocenters. The van der Waals surface area contributed by atoms with E-state index in [2.05, 4.69) is 15.5 Å². The summed E-state index contributed by atoms with van der Waals surface area (Å²) >= 11 is 2.72. The van der Waals surface area contributed by atoms with Crippen molar-refractivity contribution < 1.29 is 4.79 Å². The lowest BCUT2D eigenvalue weighted by Crippen LogP contribution is -2.22. The number of hydrogen-bond acceptors (Lipinski definition) is 6. The number of nitrogens with one attached hydrogen (secondary N) is 1. The van der Waals surface area contributed by atoms with Crippen LogP contribution < -0.4 is 11.1 Å². The predicted octanol–water partition coefficient (Wildman–Crippen LogP) is 2.56. The Labute approximate surface area is 119 Å². The van der Waals surface area contributed by atoms with Crippen LogP contribution in [0, 0.1) is 6.92 Å². The third kappa shape index (κ3) is 3.93. The molecule has 0 aliphatic carbocycles. The van der Waals surface area contributed by atoms with Crippen molar-refractivity contribution in [3.63, 3.8) is 0 Å². The third-order valence-corrected chi connectivity index (χ3v) is 4.43. The second-order valence-electron chi connectivity index (χ2n) is 4.03. The van der Waals surface area contributed by atoms with Crippen molar-refractivity contribution in [3.8, 4) is 0 Å². The number of hydrogen-bond donors (Lipinski definition) is 2. The van der Waals surface area contributed by atoms with Crippen molar-refractivity contribution in [2.75, 3.05) is 5.32 Å². The lowest BCUT2D eigenvalue weighted by molar-refractivity contribution is -0.117. The van der Waals surface area contributed by atoms with Gasteiger partial charge in [-0.2, -0.15) is 0 Å². The molecule has 7 heteroatoms. The van der Waals surface area contributed by atoms with E-state index in [4.69, 9.17) is 5.73 Å². The molecule has 1 heterocycles. The minimum Gasteiger partial charge on any atom is -0.369 e. The quantitative estimate of drug-likeness (QED) is 0.828. The zero-order chi connectivity index (χ0) is 13.8. The minimum absolute atomic E-state index is 0.305. The molecule has 1 aromatic carbocycles. The number of aryl methyl sites for hydroxylation is 1. The van der Waals surface area contributed by atoms with Gasteiger partial charge in [0, 0.05) is 5.69 Å². The highest BCUT2D eigenvalue weighted by Crippen LogP contribution is 2.30. The summed E-state index contributed by atoms with van der Waals surface area (Å²) in [7, 11) is 0. The molecule has 100 valence electrons. The Morgan fingerprint density at radius 2 is 2.05 bits per heavy atom. The maximum atomic E-state index is 11.0. The summed E-state index contributed by atoms with van der Waals surface area (Å²) in [6.45, 7) is 3.79. The Balaban J connectivity index is 2.01. The molecule has 5 nitrogen and oxygen atoms in total. The van der Waals surface area contributed by atoms with Crippen molar-refractivity contribution in [1.29, 1.82) is 0 Å². The van der Waals surface area contributed by atoms with Gasteiger partial charge in [0.1, 0.15) is 0 Å². The van der Waals surface area contributed by atoms with Crippen LogP contribution >= 0.6 is 23.1 Å². The lowest BCUT2D eigenvalue weighted by atomic mass is 10.2. The van der Waals surface area contributed by atoms with Gasteiger partial charge in [-0.05, 0) is 26.0 Å². The van der Waals surface area contributed by atoms with Crippen molar-refractivity contribution in [2.45, 2.75) is 23.4 Å². The van der Waals surface area contributed by atoms with Crippen molar-refractivity contribution in [3.05, 3.63) is 29.8 Å². The molecule has 0 aliphatic heterocycles. The van der Waals surface area contributed by atoms with Crippen LogP contribution in [0.2, 0.25) is 0 Å². The van der Waals surface area contributed by atoms with Crippen molar-refractivity contribution in [1.82, 2.24) is 10.2 Å². The number of anilines is 2. The van der Waals surface area contributed by atoms with E-state index in [9.17, 15) is 4.79 Å².